The summed E-state index contributed by atoms with van der Waals surface area (Å²) in [5.41, 5.74) is 2.66. The highest BCUT2D eigenvalue weighted by molar-refractivity contribution is 7.71. The highest BCUT2D eigenvalue weighted by Crippen LogP contribution is 2.18. The number of nitrogens with zero attached hydrogens (tertiary/aromatic N) is 4. The molecule has 5 nitrogen and oxygen atoms in total. The van der Waals surface area contributed by atoms with Crippen LogP contribution in [0.3, 0.4) is 0 Å². The third-order valence-electron chi connectivity index (χ3n) is 2.51. The van der Waals surface area contributed by atoms with Crippen molar-refractivity contribution in [2.24, 2.45) is 7.05 Å². The maximum Gasteiger partial charge on any atom is 0.216 e. The Morgan fingerprint density at radius 3 is 2.65 bits per heavy atom. The molecule has 6 heteroatoms. The van der Waals surface area contributed by atoms with Crippen molar-refractivity contribution in [1.29, 1.82) is 0 Å². The topological polar surface area (TPSA) is 59.4 Å². The molecule has 0 saturated heterocycles. The number of benzene rings is 1. The van der Waals surface area contributed by atoms with Crippen LogP contribution >= 0.6 is 12.2 Å². The molecule has 2 aromatic heterocycles. The average Bonchev–Trinajstić information content (AvgIpc) is 2.69. The first kappa shape index (κ1) is 10.1. The van der Waals surface area contributed by atoms with E-state index in [1.165, 1.54) is 0 Å². The highest BCUT2D eigenvalue weighted by Gasteiger charge is 2.04. The summed E-state index contributed by atoms with van der Waals surface area (Å²) in [7, 11) is 1.83. The second-order valence-corrected chi connectivity index (χ2v) is 4.04. The van der Waals surface area contributed by atoms with Gasteiger partial charge in [0.2, 0.25) is 4.77 Å². The van der Waals surface area contributed by atoms with Gasteiger partial charge in [-0.2, -0.15) is 4.98 Å². The van der Waals surface area contributed by atoms with Crippen molar-refractivity contribution in [1.82, 2.24) is 24.7 Å². The Hall–Kier alpha value is -2.08. The summed E-state index contributed by atoms with van der Waals surface area (Å²) in [6.45, 7) is 0. The van der Waals surface area contributed by atoms with E-state index in [2.05, 4.69) is 20.1 Å². The maximum atomic E-state index is 5.06. The SMILES string of the molecule is Cn1[nH]c(-c2ccc3nccnc3c2)nc1=S. The molecule has 0 spiro atoms. The number of aryl methyl sites for hydroxylation is 1. The van der Waals surface area contributed by atoms with Crippen LogP contribution in [-0.2, 0) is 7.05 Å². The van der Waals surface area contributed by atoms with Crippen LogP contribution in [0.2, 0.25) is 0 Å². The number of rotatable bonds is 1. The third kappa shape index (κ3) is 1.72. The van der Waals surface area contributed by atoms with Crippen molar-refractivity contribution in [3.63, 3.8) is 0 Å². The number of aromatic amines is 1. The van der Waals surface area contributed by atoms with Crippen LogP contribution in [0.15, 0.2) is 30.6 Å². The molecule has 0 aliphatic carbocycles. The summed E-state index contributed by atoms with van der Waals surface area (Å²) in [6.07, 6.45) is 3.35. The van der Waals surface area contributed by atoms with Crippen LogP contribution in [0, 0.1) is 4.77 Å². The van der Waals surface area contributed by atoms with Crippen LogP contribution in [0.25, 0.3) is 22.4 Å². The zero-order chi connectivity index (χ0) is 11.8. The fourth-order valence-corrected chi connectivity index (χ4v) is 1.78. The lowest BCUT2D eigenvalue weighted by atomic mass is 10.2. The first-order chi connectivity index (χ1) is 8.24. The summed E-state index contributed by atoms with van der Waals surface area (Å²) in [5.74, 6) is 0.741. The maximum absolute atomic E-state index is 5.06. The van der Waals surface area contributed by atoms with Crippen LogP contribution in [-0.4, -0.2) is 24.7 Å². The van der Waals surface area contributed by atoms with Gasteiger partial charge in [0, 0.05) is 25.0 Å². The fourth-order valence-electron chi connectivity index (χ4n) is 1.64. The minimum atomic E-state index is 0.527. The Bertz CT molecular complexity index is 743. The molecular formula is C11H9N5S. The van der Waals surface area contributed by atoms with Crippen molar-refractivity contribution in [2.75, 3.05) is 0 Å². The van der Waals surface area contributed by atoms with Gasteiger partial charge in [-0.25, -0.2) is 0 Å². The Labute approximate surface area is 102 Å². The molecule has 1 aromatic carbocycles. The molecule has 0 fully saturated rings. The zero-order valence-electron chi connectivity index (χ0n) is 9.08. The molecule has 0 atom stereocenters. The molecular weight excluding hydrogens is 234 g/mol. The van der Waals surface area contributed by atoms with Gasteiger partial charge in [-0.05, 0) is 30.4 Å². The molecule has 0 bridgehead atoms. The summed E-state index contributed by atoms with van der Waals surface area (Å²) < 4.78 is 2.23. The van der Waals surface area contributed by atoms with E-state index in [-0.39, 0.29) is 0 Å². The molecule has 0 aliphatic heterocycles. The Balaban J connectivity index is 2.21. The predicted molar refractivity (Wildman–Crippen MR) is 66.9 cm³/mol. The molecule has 0 saturated carbocycles. The van der Waals surface area contributed by atoms with Gasteiger partial charge in [0.15, 0.2) is 5.82 Å². The van der Waals surface area contributed by atoms with Crippen molar-refractivity contribution in [3.8, 4) is 11.4 Å². The van der Waals surface area contributed by atoms with E-state index in [1.807, 2.05) is 25.2 Å². The molecule has 0 radical (unpaired) electrons. The van der Waals surface area contributed by atoms with Crippen molar-refractivity contribution < 1.29 is 0 Å². The van der Waals surface area contributed by atoms with Crippen LogP contribution in [0.1, 0.15) is 0 Å². The number of hydrogen-bond donors (Lipinski definition) is 1. The largest absolute Gasteiger partial charge is 0.279 e. The fraction of sp³-hybridized carbons (Fsp3) is 0.0909. The number of nitrogens with one attached hydrogen (secondary N) is 1. The van der Waals surface area contributed by atoms with Crippen LogP contribution < -0.4 is 0 Å². The lowest BCUT2D eigenvalue weighted by Gasteiger charge is -1.99. The molecule has 1 N–H and O–H groups in total. The number of fused-ring (bicyclic) bond motifs is 1. The predicted octanol–water partition coefficient (Wildman–Crippen LogP) is 2.09. The Kier molecular flexibility index (Phi) is 2.22. The lowest BCUT2D eigenvalue weighted by molar-refractivity contribution is 0.756. The molecule has 84 valence electrons. The van der Waals surface area contributed by atoms with Gasteiger partial charge < -0.3 is 0 Å². The van der Waals surface area contributed by atoms with Gasteiger partial charge in [-0.15, -0.1) is 0 Å². The summed E-state index contributed by atoms with van der Waals surface area (Å²) in [4.78, 5) is 12.7. The van der Waals surface area contributed by atoms with E-state index < -0.39 is 0 Å². The number of aromatic nitrogens is 5. The van der Waals surface area contributed by atoms with Crippen molar-refractivity contribution in [3.05, 3.63) is 35.4 Å². The summed E-state index contributed by atoms with van der Waals surface area (Å²) in [6, 6.07) is 5.81. The molecule has 17 heavy (non-hydrogen) atoms. The van der Waals surface area contributed by atoms with Gasteiger partial charge in [-0.1, -0.05) is 0 Å². The van der Waals surface area contributed by atoms with Gasteiger partial charge >= 0.3 is 0 Å². The van der Waals surface area contributed by atoms with E-state index in [9.17, 15) is 0 Å². The zero-order valence-corrected chi connectivity index (χ0v) is 9.90. The third-order valence-corrected chi connectivity index (χ3v) is 2.88. The molecule has 0 amide bonds. The van der Waals surface area contributed by atoms with Crippen molar-refractivity contribution in [2.45, 2.75) is 0 Å². The smallest absolute Gasteiger partial charge is 0.216 e. The van der Waals surface area contributed by atoms with Crippen LogP contribution in [0.4, 0.5) is 0 Å². The highest BCUT2D eigenvalue weighted by atomic mass is 32.1. The number of H-pyrrole nitrogens is 1. The summed E-state index contributed by atoms with van der Waals surface area (Å²) >= 11 is 5.06. The Morgan fingerprint density at radius 1 is 1.18 bits per heavy atom. The van der Waals surface area contributed by atoms with E-state index in [0.717, 1.165) is 22.4 Å². The van der Waals surface area contributed by atoms with E-state index >= 15 is 0 Å². The second kappa shape index (κ2) is 3.74. The standard InChI is InChI=1S/C11H9N5S/c1-16-11(17)14-10(15-16)7-2-3-8-9(6-7)13-5-4-12-8/h2-6H,1H3,(H,14,15,17). The molecule has 2 heterocycles. The molecule has 3 aromatic rings. The number of hydrogen-bond acceptors (Lipinski definition) is 4. The monoisotopic (exact) mass is 243 g/mol. The van der Waals surface area contributed by atoms with Gasteiger partial charge in [0.05, 0.1) is 11.0 Å². The normalized spacial score (nSPS) is 10.9. The molecule has 0 aliphatic rings. The van der Waals surface area contributed by atoms with Crippen molar-refractivity contribution >= 4 is 23.3 Å². The van der Waals surface area contributed by atoms with Gasteiger partial charge in [-0.3, -0.25) is 19.7 Å². The van der Waals surface area contributed by atoms with Gasteiger partial charge in [0.25, 0.3) is 0 Å². The lowest BCUT2D eigenvalue weighted by Crippen LogP contribution is -1.90. The minimum Gasteiger partial charge on any atom is -0.279 e. The van der Waals surface area contributed by atoms with E-state index in [4.69, 9.17) is 12.2 Å². The first-order valence-electron chi connectivity index (χ1n) is 5.08. The van der Waals surface area contributed by atoms with E-state index in [0.29, 0.717) is 4.77 Å². The van der Waals surface area contributed by atoms with Gasteiger partial charge in [0.1, 0.15) is 0 Å². The second-order valence-electron chi connectivity index (χ2n) is 3.67. The summed E-state index contributed by atoms with van der Waals surface area (Å²) in [5, 5.41) is 3.08. The average molecular weight is 243 g/mol. The Morgan fingerprint density at radius 2 is 1.94 bits per heavy atom. The molecule has 0 unspecified atom stereocenters. The molecule has 3 rings (SSSR count). The van der Waals surface area contributed by atoms with Crippen LogP contribution in [0.5, 0.6) is 0 Å². The first-order valence-corrected chi connectivity index (χ1v) is 5.49. The quantitative estimate of drug-likeness (QED) is 0.665. The van der Waals surface area contributed by atoms with E-state index in [1.54, 1.807) is 17.1 Å². The minimum absolute atomic E-state index is 0.527.